The minimum Gasteiger partial charge on any atom is -0.365 e. The van der Waals surface area contributed by atoms with E-state index in [0.717, 1.165) is 15.7 Å². The van der Waals surface area contributed by atoms with E-state index in [0.29, 0.717) is 18.3 Å². The Balaban J connectivity index is 1.66. The van der Waals surface area contributed by atoms with Crippen molar-refractivity contribution in [3.63, 3.8) is 0 Å². The maximum Gasteiger partial charge on any atom is 0.249 e. The molecule has 0 atom stereocenters. The summed E-state index contributed by atoms with van der Waals surface area (Å²) in [6.45, 7) is 0.652. The Hall–Kier alpha value is -2.54. The van der Waals surface area contributed by atoms with Gasteiger partial charge in [-0.3, -0.25) is 4.98 Å². The van der Waals surface area contributed by atoms with Crippen LogP contribution in [0, 0.1) is 0 Å². The van der Waals surface area contributed by atoms with Crippen molar-refractivity contribution >= 4 is 33.4 Å². The van der Waals surface area contributed by atoms with Crippen LogP contribution in [0.4, 0.5) is 17.5 Å². The highest BCUT2D eigenvalue weighted by Gasteiger charge is 2.01. The molecule has 0 aliphatic rings. The Bertz CT molecular complexity index is 733. The van der Waals surface area contributed by atoms with Gasteiger partial charge < -0.3 is 10.6 Å². The van der Waals surface area contributed by atoms with Crippen LogP contribution in [0.15, 0.2) is 59.5 Å². The van der Waals surface area contributed by atoms with Gasteiger partial charge in [0.05, 0.1) is 6.20 Å². The lowest BCUT2D eigenvalue weighted by Gasteiger charge is -2.07. The van der Waals surface area contributed by atoms with E-state index in [4.69, 9.17) is 0 Å². The Morgan fingerprint density at radius 2 is 1.77 bits per heavy atom. The van der Waals surface area contributed by atoms with Crippen molar-refractivity contribution in [3.8, 4) is 0 Å². The third-order valence-corrected chi connectivity index (χ3v) is 3.41. The Morgan fingerprint density at radius 3 is 2.55 bits per heavy atom. The second-order valence-electron chi connectivity index (χ2n) is 4.51. The molecule has 0 fully saturated rings. The van der Waals surface area contributed by atoms with Gasteiger partial charge in [0.2, 0.25) is 5.95 Å². The van der Waals surface area contributed by atoms with E-state index in [2.05, 4.69) is 46.7 Å². The van der Waals surface area contributed by atoms with Crippen LogP contribution in [0.2, 0.25) is 0 Å². The number of pyridine rings is 1. The molecule has 7 heteroatoms. The van der Waals surface area contributed by atoms with Crippen LogP contribution in [0.1, 0.15) is 5.56 Å². The number of nitrogens with zero attached hydrogens (tertiary/aromatic N) is 4. The summed E-state index contributed by atoms with van der Waals surface area (Å²) in [5.74, 6) is 1.11. The van der Waals surface area contributed by atoms with Gasteiger partial charge in [-0.05, 0) is 42.0 Å². The average Bonchev–Trinajstić information content (AvgIpc) is 2.57. The third kappa shape index (κ3) is 3.98. The van der Waals surface area contributed by atoms with Crippen LogP contribution in [0.3, 0.4) is 0 Å². The number of halogens is 1. The first-order valence-electron chi connectivity index (χ1n) is 6.65. The minimum atomic E-state index is 0.446. The molecule has 0 radical (unpaired) electrons. The van der Waals surface area contributed by atoms with Crippen LogP contribution in [-0.4, -0.2) is 20.2 Å². The lowest BCUT2D eigenvalue weighted by Crippen LogP contribution is -2.05. The molecule has 0 amide bonds. The van der Waals surface area contributed by atoms with Gasteiger partial charge in [-0.25, -0.2) is 0 Å². The summed E-state index contributed by atoms with van der Waals surface area (Å²) in [6, 6.07) is 11.7. The monoisotopic (exact) mass is 356 g/mol. The van der Waals surface area contributed by atoms with E-state index in [-0.39, 0.29) is 0 Å². The van der Waals surface area contributed by atoms with Gasteiger partial charge in [-0.15, -0.1) is 5.10 Å². The van der Waals surface area contributed by atoms with Crippen molar-refractivity contribution in [2.45, 2.75) is 6.54 Å². The fraction of sp³-hybridized carbons (Fsp3) is 0.0667. The van der Waals surface area contributed by atoms with E-state index in [9.17, 15) is 0 Å². The number of hydrogen-bond donors (Lipinski definition) is 2. The van der Waals surface area contributed by atoms with E-state index in [1.165, 1.54) is 0 Å². The zero-order valence-corrected chi connectivity index (χ0v) is 13.2. The molecule has 2 aromatic heterocycles. The van der Waals surface area contributed by atoms with E-state index < -0.39 is 0 Å². The van der Waals surface area contributed by atoms with Gasteiger partial charge >= 0.3 is 0 Å². The first-order chi connectivity index (χ1) is 10.8. The van der Waals surface area contributed by atoms with Gasteiger partial charge in [0.1, 0.15) is 0 Å². The molecule has 0 saturated heterocycles. The molecule has 0 aliphatic heterocycles. The molecule has 0 unspecified atom stereocenters. The number of aromatic nitrogens is 4. The van der Waals surface area contributed by atoms with Gasteiger partial charge in [-0.1, -0.05) is 15.9 Å². The molecular weight excluding hydrogens is 344 g/mol. The molecule has 2 N–H and O–H groups in total. The van der Waals surface area contributed by atoms with Crippen LogP contribution < -0.4 is 10.6 Å². The van der Waals surface area contributed by atoms with Gasteiger partial charge in [0.25, 0.3) is 0 Å². The Morgan fingerprint density at radius 1 is 1.00 bits per heavy atom. The molecule has 0 aliphatic carbocycles. The summed E-state index contributed by atoms with van der Waals surface area (Å²) in [6.07, 6.45) is 5.11. The maximum atomic E-state index is 4.38. The van der Waals surface area contributed by atoms with Crippen LogP contribution in [-0.2, 0) is 6.54 Å². The second kappa shape index (κ2) is 6.95. The highest BCUT2D eigenvalue weighted by molar-refractivity contribution is 9.10. The van der Waals surface area contributed by atoms with E-state index in [1.807, 2.05) is 36.4 Å². The molecule has 0 spiro atoms. The molecule has 6 nitrogen and oxygen atoms in total. The third-order valence-electron chi connectivity index (χ3n) is 2.88. The number of rotatable bonds is 5. The zero-order valence-electron chi connectivity index (χ0n) is 11.6. The normalized spacial score (nSPS) is 10.2. The molecule has 3 aromatic rings. The maximum absolute atomic E-state index is 4.38. The Kier molecular flexibility index (Phi) is 4.55. The van der Waals surface area contributed by atoms with Crippen molar-refractivity contribution in [2.75, 3.05) is 10.6 Å². The van der Waals surface area contributed by atoms with E-state index >= 15 is 0 Å². The largest absolute Gasteiger partial charge is 0.365 e. The highest BCUT2D eigenvalue weighted by Crippen LogP contribution is 2.17. The van der Waals surface area contributed by atoms with E-state index in [1.54, 1.807) is 18.6 Å². The molecule has 0 saturated carbocycles. The SMILES string of the molecule is Brc1ccc(Nc2nncc(NCc3ccncc3)n2)cc1. The molecule has 1 aromatic carbocycles. The van der Waals surface area contributed by atoms with Crippen molar-refractivity contribution in [1.29, 1.82) is 0 Å². The molecule has 3 rings (SSSR count). The predicted octanol–water partition coefficient (Wildman–Crippen LogP) is 3.38. The first kappa shape index (κ1) is 14.4. The zero-order chi connectivity index (χ0) is 15.2. The summed E-state index contributed by atoms with van der Waals surface area (Å²) in [4.78, 5) is 8.37. The van der Waals surface area contributed by atoms with Crippen LogP contribution in [0.25, 0.3) is 0 Å². The second-order valence-corrected chi connectivity index (χ2v) is 5.42. The number of nitrogens with one attached hydrogen (secondary N) is 2. The van der Waals surface area contributed by atoms with Crippen molar-refractivity contribution in [1.82, 2.24) is 20.2 Å². The topological polar surface area (TPSA) is 75.6 Å². The molecule has 110 valence electrons. The summed E-state index contributed by atoms with van der Waals surface area (Å²) < 4.78 is 1.02. The lowest BCUT2D eigenvalue weighted by atomic mass is 10.3. The molecular formula is C15H13BrN6. The first-order valence-corrected chi connectivity index (χ1v) is 7.44. The number of anilines is 3. The lowest BCUT2D eigenvalue weighted by molar-refractivity contribution is 0.965. The smallest absolute Gasteiger partial charge is 0.249 e. The molecule has 22 heavy (non-hydrogen) atoms. The van der Waals surface area contributed by atoms with Gasteiger partial charge in [-0.2, -0.15) is 10.1 Å². The summed E-state index contributed by atoms with van der Waals surface area (Å²) in [5, 5.41) is 14.3. The quantitative estimate of drug-likeness (QED) is 0.729. The number of hydrogen-bond acceptors (Lipinski definition) is 6. The summed E-state index contributed by atoms with van der Waals surface area (Å²) in [5.41, 5.74) is 2.02. The van der Waals surface area contributed by atoms with Crippen LogP contribution in [0.5, 0.6) is 0 Å². The average molecular weight is 357 g/mol. The van der Waals surface area contributed by atoms with Crippen molar-refractivity contribution in [3.05, 3.63) is 65.0 Å². The fourth-order valence-corrected chi connectivity index (χ4v) is 2.06. The minimum absolute atomic E-state index is 0.446. The highest BCUT2D eigenvalue weighted by atomic mass is 79.9. The van der Waals surface area contributed by atoms with Gasteiger partial charge in [0.15, 0.2) is 5.82 Å². The van der Waals surface area contributed by atoms with Crippen molar-refractivity contribution < 1.29 is 0 Å². The molecule has 2 heterocycles. The molecule has 0 bridgehead atoms. The van der Waals surface area contributed by atoms with Gasteiger partial charge in [0, 0.05) is 29.1 Å². The van der Waals surface area contributed by atoms with Crippen molar-refractivity contribution in [2.24, 2.45) is 0 Å². The fourth-order valence-electron chi connectivity index (χ4n) is 1.80. The Labute approximate surface area is 136 Å². The predicted molar refractivity (Wildman–Crippen MR) is 88.8 cm³/mol. The standard InChI is InChI=1S/C15H13BrN6/c16-12-1-3-13(4-2-12)20-15-21-14(10-19-22-15)18-9-11-5-7-17-8-6-11/h1-8,10H,9H2,(H2,18,20,21,22). The number of benzene rings is 1. The van der Waals surface area contributed by atoms with Crippen LogP contribution >= 0.6 is 15.9 Å². The summed E-state index contributed by atoms with van der Waals surface area (Å²) >= 11 is 3.40. The summed E-state index contributed by atoms with van der Waals surface area (Å²) in [7, 11) is 0.